The molecule has 1 unspecified atom stereocenters. The number of piperidine rings is 1. The first-order chi connectivity index (χ1) is 8.75. The Morgan fingerprint density at radius 2 is 1.83 bits per heavy atom. The molecule has 2 aliphatic rings. The number of nitrogens with one attached hydrogen (secondary N) is 1. The molecule has 2 fully saturated rings. The van der Waals surface area contributed by atoms with E-state index in [1.165, 1.54) is 51.5 Å². The Morgan fingerprint density at radius 1 is 1.11 bits per heavy atom. The van der Waals surface area contributed by atoms with Crippen LogP contribution in [0.2, 0.25) is 0 Å². The first kappa shape index (κ1) is 13.8. The molecule has 0 aromatic heterocycles. The Bertz CT molecular complexity index is 263. The summed E-state index contributed by atoms with van der Waals surface area (Å²) in [6.45, 7) is 2.34. The highest BCUT2D eigenvalue weighted by Gasteiger charge is 2.26. The number of hydrogen-bond donors (Lipinski definition) is 2. The van der Waals surface area contributed by atoms with Gasteiger partial charge in [0.05, 0.1) is 6.54 Å². The molecule has 0 spiro atoms. The van der Waals surface area contributed by atoms with Crippen LogP contribution in [0.4, 0.5) is 0 Å². The van der Waals surface area contributed by atoms with Crippen molar-refractivity contribution >= 4 is 5.97 Å². The lowest BCUT2D eigenvalue weighted by molar-refractivity contribution is -0.136. The summed E-state index contributed by atoms with van der Waals surface area (Å²) in [6, 6.07) is 1.13. The van der Waals surface area contributed by atoms with E-state index >= 15 is 0 Å². The average molecular weight is 254 g/mol. The zero-order valence-corrected chi connectivity index (χ0v) is 11.2. The fraction of sp³-hybridized carbons (Fsp3) is 0.929. The lowest BCUT2D eigenvalue weighted by Gasteiger charge is -2.38. The maximum absolute atomic E-state index is 10.6. The molecule has 1 aliphatic heterocycles. The second kappa shape index (κ2) is 7.10. The minimum atomic E-state index is -0.749. The zero-order valence-electron chi connectivity index (χ0n) is 11.2. The van der Waals surface area contributed by atoms with Gasteiger partial charge in [-0.3, -0.25) is 9.69 Å². The predicted molar refractivity (Wildman–Crippen MR) is 71.7 cm³/mol. The van der Waals surface area contributed by atoms with Crippen molar-refractivity contribution in [2.75, 3.05) is 19.6 Å². The van der Waals surface area contributed by atoms with E-state index in [9.17, 15) is 4.79 Å². The van der Waals surface area contributed by atoms with Gasteiger partial charge in [0.25, 0.3) is 0 Å². The minimum Gasteiger partial charge on any atom is -0.480 e. The van der Waals surface area contributed by atoms with Crippen molar-refractivity contribution < 1.29 is 9.90 Å². The van der Waals surface area contributed by atoms with E-state index in [0.717, 1.165) is 19.0 Å². The van der Waals surface area contributed by atoms with Gasteiger partial charge in [0.1, 0.15) is 0 Å². The summed E-state index contributed by atoms with van der Waals surface area (Å²) in [5, 5.41) is 11.9. The van der Waals surface area contributed by atoms with Crippen LogP contribution in [0.25, 0.3) is 0 Å². The monoisotopic (exact) mass is 254 g/mol. The third-order valence-corrected chi connectivity index (χ3v) is 4.34. The topological polar surface area (TPSA) is 52.6 Å². The van der Waals surface area contributed by atoms with Crippen molar-refractivity contribution in [2.24, 2.45) is 0 Å². The van der Waals surface area contributed by atoms with Gasteiger partial charge in [0.15, 0.2) is 0 Å². The highest BCUT2D eigenvalue weighted by Crippen LogP contribution is 2.24. The van der Waals surface area contributed by atoms with Gasteiger partial charge in [-0.15, -0.1) is 0 Å². The summed E-state index contributed by atoms with van der Waals surface area (Å²) >= 11 is 0. The van der Waals surface area contributed by atoms with Crippen molar-refractivity contribution in [2.45, 2.75) is 63.5 Å². The number of carboxylic acids is 1. The minimum absolute atomic E-state index is 0.100. The van der Waals surface area contributed by atoms with Crippen molar-refractivity contribution in [3.8, 4) is 0 Å². The zero-order chi connectivity index (χ0) is 12.8. The van der Waals surface area contributed by atoms with Crippen LogP contribution in [0.15, 0.2) is 0 Å². The Hall–Kier alpha value is -0.610. The van der Waals surface area contributed by atoms with E-state index in [0.29, 0.717) is 6.04 Å². The number of aliphatic carboxylic acids is 1. The van der Waals surface area contributed by atoms with Crippen LogP contribution < -0.4 is 5.32 Å². The molecule has 2 N–H and O–H groups in total. The van der Waals surface area contributed by atoms with E-state index in [2.05, 4.69) is 10.2 Å². The van der Waals surface area contributed by atoms with Crippen molar-refractivity contribution in [3.63, 3.8) is 0 Å². The molecule has 104 valence electrons. The summed E-state index contributed by atoms with van der Waals surface area (Å²) in [7, 11) is 0. The fourth-order valence-corrected chi connectivity index (χ4v) is 3.36. The predicted octanol–water partition coefficient (Wildman–Crippen LogP) is 1.85. The summed E-state index contributed by atoms with van der Waals surface area (Å²) in [6.07, 6.45) is 10.5. The van der Waals surface area contributed by atoms with Crippen LogP contribution in [-0.4, -0.2) is 47.7 Å². The largest absolute Gasteiger partial charge is 0.480 e. The number of carboxylic acid groups (broad SMARTS) is 1. The van der Waals surface area contributed by atoms with E-state index in [4.69, 9.17) is 5.11 Å². The van der Waals surface area contributed by atoms with Gasteiger partial charge in [0, 0.05) is 18.6 Å². The molecule has 1 aliphatic carbocycles. The van der Waals surface area contributed by atoms with Crippen molar-refractivity contribution in [1.29, 1.82) is 0 Å². The molecule has 0 amide bonds. The number of rotatable bonds is 4. The number of nitrogens with zero attached hydrogens (tertiary/aromatic N) is 1. The summed E-state index contributed by atoms with van der Waals surface area (Å²) in [5.74, 6) is -0.749. The standard InChI is InChI=1S/C14H26N2O2/c17-14(18)10-15-12-6-5-9-16(11-12)13-7-3-1-2-4-8-13/h12-13,15H,1-11H2,(H,17,18). The van der Waals surface area contributed by atoms with Gasteiger partial charge in [0.2, 0.25) is 0 Å². The van der Waals surface area contributed by atoms with Crippen LogP contribution in [0.3, 0.4) is 0 Å². The lowest BCUT2D eigenvalue weighted by atomic mass is 10.00. The Kier molecular flexibility index (Phi) is 5.45. The third-order valence-electron chi connectivity index (χ3n) is 4.34. The highest BCUT2D eigenvalue weighted by atomic mass is 16.4. The highest BCUT2D eigenvalue weighted by molar-refractivity contribution is 5.69. The molecular formula is C14H26N2O2. The Labute approximate surface area is 110 Å². The third kappa shape index (κ3) is 4.25. The molecule has 1 heterocycles. The van der Waals surface area contributed by atoms with Crippen LogP contribution in [-0.2, 0) is 4.79 Å². The van der Waals surface area contributed by atoms with E-state index < -0.39 is 5.97 Å². The Balaban J connectivity index is 1.79. The smallest absolute Gasteiger partial charge is 0.317 e. The second-order valence-electron chi connectivity index (χ2n) is 5.75. The normalized spacial score (nSPS) is 27.9. The van der Waals surface area contributed by atoms with Crippen LogP contribution in [0, 0.1) is 0 Å². The van der Waals surface area contributed by atoms with E-state index in [1.807, 2.05) is 0 Å². The molecule has 2 rings (SSSR count). The molecule has 18 heavy (non-hydrogen) atoms. The molecule has 1 atom stereocenters. The summed E-state index contributed by atoms with van der Waals surface area (Å²) in [4.78, 5) is 13.2. The molecule has 4 heteroatoms. The molecular weight excluding hydrogens is 228 g/mol. The molecule has 4 nitrogen and oxygen atoms in total. The van der Waals surface area contributed by atoms with Gasteiger partial charge in [-0.05, 0) is 32.2 Å². The number of hydrogen-bond acceptors (Lipinski definition) is 3. The van der Waals surface area contributed by atoms with E-state index in [-0.39, 0.29) is 6.54 Å². The Morgan fingerprint density at radius 3 is 2.50 bits per heavy atom. The second-order valence-corrected chi connectivity index (χ2v) is 5.75. The molecule has 0 radical (unpaired) electrons. The average Bonchev–Trinajstić information content (AvgIpc) is 2.65. The van der Waals surface area contributed by atoms with Gasteiger partial charge in [-0.1, -0.05) is 25.7 Å². The van der Waals surface area contributed by atoms with Crippen LogP contribution in [0.5, 0.6) is 0 Å². The quantitative estimate of drug-likeness (QED) is 0.752. The lowest BCUT2D eigenvalue weighted by Crippen LogP contribution is -2.50. The van der Waals surface area contributed by atoms with Crippen molar-refractivity contribution in [1.82, 2.24) is 10.2 Å². The molecule has 0 bridgehead atoms. The first-order valence-electron chi connectivity index (χ1n) is 7.45. The SMILES string of the molecule is O=C(O)CNC1CCCN(C2CCCCCC2)C1. The van der Waals surface area contributed by atoms with E-state index in [1.54, 1.807) is 0 Å². The van der Waals surface area contributed by atoms with Gasteiger partial charge in [-0.2, -0.15) is 0 Å². The molecule has 1 saturated carbocycles. The number of carbonyl (C=O) groups is 1. The molecule has 0 aromatic carbocycles. The molecule has 0 aromatic rings. The van der Waals surface area contributed by atoms with Gasteiger partial charge >= 0.3 is 5.97 Å². The van der Waals surface area contributed by atoms with Crippen molar-refractivity contribution in [3.05, 3.63) is 0 Å². The summed E-state index contributed by atoms with van der Waals surface area (Å²) in [5.41, 5.74) is 0. The molecule has 1 saturated heterocycles. The van der Waals surface area contributed by atoms with Crippen LogP contribution in [0.1, 0.15) is 51.4 Å². The number of likely N-dealkylation sites (tertiary alicyclic amines) is 1. The van der Waals surface area contributed by atoms with Gasteiger partial charge in [-0.25, -0.2) is 0 Å². The maximum Gasteiger partial charge on any atom is 0.317 e. The maximum atomic E-state index is 10.6. The first-order valence-corrected chi connectivity index (χ1v) is 7.45. The van der Waals surface area contributed by atoms with Crippen LogP contribution >= 0.6 is 0 Å². The van der Waals surface area contributed by atoms with Gasteiger partial charge < -0.3 is 10.4 Å². The fourth-order valence-electron chi connectivity index (χ4n) is 3.36. The summed E-state index contributed by atoms with van der Waals surface area (Å²) < 4.78 is 0.